The summed E-state index contributed by atoms with van der Waals surface area (Å²) < 4.78 is 11.3. The van der Waals surface area contributed by atoms with Crippen LogP contribution in [0.5, 0.6) is 0 Å². The zero-order chi connectivity index (χ0) is 51.5. The topological polar surface area (TPSA) is 149 Å². The van der Waals surface area contributed by atoms with Crippen LogP contribution in [0.1, 0.15) is 322 Å². The van der Waals surface area contributed by atoms with Gasteiger partial charge in [0.05, 0.1) is 25.4 Å². The fourth-order valence-corrected chi connectivity index (χ4v) is 10.4. The number of aliphatic hydroxyl groups excluding tert-OH is 5. The van der Waals surface area contributed by atoms with Crippen molar-refractivity contribution in [1.82, 2.24) is 5.32 Å². The van der Waals surface area contributed by atoms with E-state index in [0.29, 0.717) is 12.8 Å². The van der Waals surface area contributed by atoms with Crippen LogP contribution in [0.4, 0.5) is 0 Å². The average molecular weight is 1010 g/mol. The molecule has 0 radical (unpaired) electrons. The third kappa shape index (κ3) is 41.8. The second kappa shape index (κ2) is 52.4. The lowest BCUT2D eigenvalue weighted by Gasteiger charge is -2.40. The number of allylic oxidation sites excluding steroid dienone is 2. The van der Waals surface area contributed by atoms with Crippen LogP contribution < -0.4 is 5.32 Å². The third-order valence-electron chi connectivity index (χ3n) is 15.4. The Morgan fingerprint density at radius 2 is 0.789 bits per heavy atom. The lowest BCUT2D eigenvalue weighted by Crippen LogP contribution is -2.60. The molecule has 1 heterocycles. The first-order chi connectivity index (χ1) is 34.8. The van der Waals surface area contributed by atoms with Crippen LogP contribution >= 0.6 is 0 Å². The largest absolute Gasteiger partial charge is 0.394 e. The standard InChI is InChI=1S/C62H121NO8/c1-3-5-7-9-11-13-15-17-19-21-23-25-26-27-28-29-30-32-33-35-37-39-41-43-45-47-49-51-56(65)55(54-70-62-61(69)60(68)59(67)57(53-64)71-62)63-58(66)52-50-48-46-44-42-40-38-36-34-31-24-22-20-18-16-14-12-10-8-6-4-2/h22,24,55-57,59-62,64-65,67-69H,3-21,23,25-54H2,1-2H3,(H,63,66)/b24-22-. The molecule has 0 aromatic rings. The van der Waals surface area contributed by atoms with E-state index in [4.69, 9.17) is 9.47 Å². The summed E-state index contributed by atoms with van der Waals surface area (Å²) in [4.78, 5) is 13.1. The second-order valence-corrected chi connectivity index (χ2v) is 22.2. The summed E-state index contributed by atoms with van der Waals surface area (Å²) in [6, 6.07) is -0.718. The molecule has 1 aliphatic heterocycles. The number of carbonyl (C=O) groups excluding carboxylic acids is 1. The van der Waals surface area contributed by atoms with Gasteiger partial charge in [-0.2, -0.15) is 0 Å². The number of hydrogen-bond acceptors (Lipinski definition) is 8. The molecular weight excluding hydrogens is 887 g/mol. The van der Waals surface area contributed by atoms with Gasteiger partial charge < -0.3 is 40.3 Å². The van der Waals surface area contributed by atoms with Crippen LogP contribution in [0.2, 0.25) is 0 Å². The van der Waals surface area contributed by atoms with E-state index in [2.05, 4.69) is 31.3 Å². The molecule has 0 aromatic heterocycles. The van der Waals surface area contributed by atoms with Gasteiger partial charge >= 0.3 is 0 Å². The summed E-state index contributed by atoms with van der Waals surface area (Å²) in [5, 5.41) is 54.8. The Labute approximate surface area is 439 Å². The van der Waals surface area contributed by atoms with Crippen molar-refractivity contribution in [1.29, 1.82) is 0 Å². The highest BCUT2D eigenvalue weighted by Gasteiger charge is 2.44. The molecule has 6 N–H and O–H groups in total. The molecule has 7 atom stereocenters. The molecular formula is C62H121NO8. The summed E-state index contributed by atoms with van der Waals surface area (Å²) in [5.74, 6) is -0.140. The van der Waals surface area contributed by atoms with Crippen LogP contribution in [0.15, 0.2) is 12.2 Å². The van der Waals surface area contributed by atoms with E-state index < -0.39 is 49.5 Å². The summed E-state index contributed by atoms with van der Waals surface area (Å²) in [7, 11) is 0. The number of carbonyl (C=O) groups is 1. The minimum atomic E-state index is -1.55. The van der Waals surface area contributed by atoms with Gasteiger partial charge in [-0.3, -0.25) is 4.79 Å². The number of rotatable bonds is 55. The van der Waals surface area contributed by atoms with Crippen molar-refractivity contribution >= 4 is 5.91 Å². The number of hydrogen-bond donors (Lipinski definition) is 6. The predicted octanol–water partition coefficient (Wildman–Crippen LogP) is 16.0. The van der Waals surface area contributed by atoms with Crippen LogP contribution in [0.25, 0.3) is 0 Å². The maximum absolute atomic E-state index is 13.1. The fourth-order valence-electron chi connectivity index (χ4n) is 10.4. The van der Waals surface area contributed by atoms with Crippen molar-refractivity contribution in [3.63, 3.8) is 0 Å². The van der Waals surface area contributed by atoms with Gasteiger partial charge in [0.2, 0.25) is 5.91 Å². The van der Waals surface area contributed by atoms with Crippen molar-refractivity contribution in [2.24, 2.45) is 0 Å². The second-order valence-electron chi connectivity index (χ2n) is 22.2. The first-order valence-electron chi connectivity index (χ1n) is 31.4. The van der Waals surface area contributed by atoms with E-state index in [1.165, 1.54) is 257 Å². The van der Waals surface area contributed by atoms with Gasteiger partial charge in [-0.05, 0) is 38.5 Å². The lowest BCUT2D eigenvalue weighted by molar-refractivity contribution is -0.302. The van der Waals surface area contributed by atoms with E-state index in [-0.39, 0.29) is 12.5 Å². The Hall–Kier alpha value is -1.07. The van der Waals surface area contributed by atoms with Gasteiger partial charge in [-0.15, -0.1) is 0 Å². The number of unbranched alkanes of at least 4 members (excludes halogenated alkanes) is 43. The molecule has 1 rings (SSSR count). The molecule has 0 saturated carbocycles. The molecule has 9 nitrogen and oxygen atoms in total. The molecule has 1 saturated heterocycles. The smallest absolute Gasteiger partial charge is 0.220 e. The number of amides is 1. The van der Waals surface area contributed by atoms with Crippen LogP contribution in [0, 0.1) is 0 Å². The first-order valence-corrected chi connectivity index (χ1v) is 31.4. The minimum Gasteiger partial charge on any atom is -0.394 e. The molecule has 0 spiro atoms. The van der Waals surface area contributed by atoms with Crippen LogP contribution in [0.3, 0.4) is 0 Å². The van der Waals surface area contributed by atoms with Crippen molar-refractivity contribution in [3.05, 3.63) is 12.2 Å². The predicted molar refractivity (Wildman–Crippen MR) is 300 cm³/mol. The van der Waals surface area contributed by atoms with Gasteiger partial charge in [0.15, 0.2) is 6.29 Å². The highest BCUT2D eigenvalue weighted by atomic mass is 16.7. The molecule has 0 bridgehead atoms. The highest BCUT2D eigenvalue weighted by molar-refractivity contribution is 5.76. The zero-order valence-corrected chi connectivity index (χ0v) is 47.0. The van der Waals surface area contributed by atoms with Gasteiger partial charge in [0.1, 0.15) is 24.4 Å². The Morgan fingerprint density at radius 3 is 1.14 bits per heavy atom. The first kappa shape index (κ1) is 67.9. The van der Waals surface area contributed by atoms with Gasteiger partial charge in [0.25, 0.3) is 0 Å². The number of nitrogens with one attached hydrogen (secondary N) is 1. The summed E-state index contributed by atoms with van der Waals surface area (Å²) >= 11 is 0. The Kier molecular flexibility index (Phi) is 50.1. The fraction of sp³-hybridized carbons (Fsp3) is 0.952. The molecule has 0 aliphatic carbocycles. The van der Waals surface area contributed by atoms with E-state index in [0.717, 1.165) is 38.5 Å². The number of aliphatic hydroxyl groups is 5. The molecule has 1 fully saturated rings. The van der Waals surface area contributed by atoms with Crippen LogP contribution in [-0.4, -0.2) is 87.5 Å². The normalized spacial score (nSPS) is 19.2. The van der Waals surface area contributed by atoms with E-state index in [1.807, 2.05) is 0 Å². The van der Waals surface area contributed by atoms with E-state index in [1.54, 1.807) is 0 Å². The van der Waals surface area contributed by atoms with Gasteiger partial charge in [-0.1, -0.05) is 289 Å². The van der Waals surface area contributed by atoms with E-state index >= 15 is 0 Å². The summed E-state index contributed by atoms with van der Waals surface area (Å²) in [6.45, 7) is 3.88. The maximum atomic E-state index is 13.1. The minimum absolute atomic E-state index is 0.134. The van der Waals surface area contributed by atoms with Crippen molar-refractivity contribution in [2.45, 2.75) is 365 Å². The Morgan fingerprint density at radius 1 is 0.465 bits per heavy atom. The molecule has 9 heteroatoms. The van der Waals surface area contributed by atoms with Crippen molar-refractivity contribution in [3.8, 4) is 0 Å². The molecule has 1 amide bonds. The highest BCUT2D eigenvalue weighted by Crippen LogP contribution is 2.24. The molecule has 71 heavy (non-hydrogen) atoms. The monoisotopic (exact) mass is 1010 g/mol. The van der Waals surface area contributed by atoms with Gasteiger partial charge in [-0.25, -0.2) is 0 Å². The van der Waals surface area contributed by atoms with Crippen molar-refractivity contribution < 1.29 is 39.8 Å². The van der Waals surface area contributed by atoms with Crippen LogP contribution in [-0.2, 0) is 14.3 Å². The number of ether oxygens (including phenoxy) is 2. The Bertz CT molecular complexity index is 1120. The summed E-state index contributed by atoms with van der Waals surface area (Å²) in [5.41, 5.74) is 0. The maximum Gasteiger partial charge on any atom is 0.220 e. The molecule has 1 aliphatic rings. The third-order valence-corrected chi connectivity index (χ3v) is 15.4. The SMILES string of the molecule is CCCCCCCCCC/C=C\CCCCCCCCCCCC(=O)NC(COC1OC(CO)C(O)C(O)C1O)C(O)CCCCCCCCCCCCCCCCCCCCCCCCCCCCC. The van der Waals surface area contributed by atoms with Crippen molar-refractivity contribution in [2.75, 3.05) is 13.2 Å². The molecule has 0 aromatic carbocycles. The zero-order valence-electron chi connectivity index (χ0n) is 47.0. The van der Waals surface area contributed by atoms with E-state index in [9.17, 15) is 30.3 Å². The Balaban J connectivity index is 2.15. The quantitative estimate of drug-likeness (QED) is 0.0261. The van der Waals surface area contributed by atoms with Gasteiger partial charge in [0, 0.05) is 6.42 Å². The average Bonchev–Trinajstić information content (AvgIpc) is 3.37. The molecule has 422 valence electrons. The molecule has 7 unspecified atom stereocenters. The lowest BCUT2D eigenvalue weighted by atomic mass is 9.99. The summed E-state index contributed by atoms with van der Waals surface area (Å²) in [6.07, 6.45) is 58.2.